The van der Waals surface area contributed by atoms with E-state index < -0.39 is 7.36 Å². The summed E-state index contributed by atoms with van der Waals surface area (Å²) in [7, 11) is -1.91. The first-order valence-electron chi connectivity index (χ1n) is 11.3. The minimum atomic E-state index is -1.91. The first-order chi connectivity index (χ1) is 12.9. The van der Waals surface area contributed by atoms with E-state index in [4.69, 9.17) is 17.0 Å². The van der Waals surface area contributed by atoms with Gasteiger partial charge in [0, 0.05) is 44.4 Å². The lowest BCUT2D eigenvalue weighted by molar-refractivity contribution is 0.367. The summed E-state index contributed by atoms with van der Waals surface area (Å²) >= 11 is 5.93. The average Bonchev–Trinajstić information content (AvgIpc) is 3.05. The fourth-order valence-electron chi connectivity index (χ4n) is 4.65. The minimum absolute atomic E-state index is 0.110. The second kappa shape index (κ2) is 10.7. The number of thiocarbonyl (C=S) groups is 1. The van der Waals surface area contributed by atoms with Gasteiger partial charge in [-0.2, -0.15) is 0 Å². The molecule has 0 radical (unpaired) electrons. The molecule has 0 spiro atoms. The van der Waals surface area contributed by atoms with Crippen molar-refractivity contribution in [2.45, 2.75) is 91.1 Å². The van der Waals surface area contributed by atoms with Crippen LogP contribution in [0.15, 0.2) is 4.74 Å². The Morgan fingerprint density at radius 3 is 1.48 bits per heavy atom. The van der Waals surface area contributed by atoms with Crippen LogP contribution in [0.25, 0.3) is 0 Å². The van der Waals surface area contributed by atoms with Crippen molar-refractivity contribution in [2.75, 3.05) is 39.3 Å². The summed E-state index contributed by atoms with van der Waals surface area (Å²) < 4.78 is 11.2. The summed E-state index contributed by atoms with van der Waals surface area (Å²) in [4.78, 5) is 2.27. The van der Waals surface area contributed by atoms with Crippen molar-refractivity contribution >= 4 is 24.7 Å². The highest BCUT2D eigenvalue weighted by molar-refractivity contribution is 7.81. The van der Waals surface area contributed by atoms with E-state index in [1.54, 1.807) is 0 Å². The quantitative estimate of drug-likeness (QED) is 0.404. The van der Waals surface area contributed by atoms with Gasteiger partial charge >= 0.3 is 0 Å². The zero-order valence-corrected chi connectivity index (χ0v) is 20.3. The number of hydrogen-bond acceptors (Lipinski definition) is 1. The molecular formula is C21H43N4PS. The Morgan fingerprint density at radius 1 is 0.815 bits per heavy atom. The van der Waals surface area contributed by atoms with Gasteiger partial charge in [-0.3, -0.25) is 9.34 Å². The van der Waals surface area contributed by atoms with Crippen molar-refractivity contribution in [3.63, 3.8) is 0 Å². The van der Waals surface area contributed by atoms with Crippen LogP contribution < -0.4 is 0 Å². The van der Waals surface area contributed by atoms with Gasteiger partial charge in [-0.05, 0) is 51.7 Å². The van der Waals surface area contributed by atoms with Gasteiger partial charge in [0.15, 0.2) is 5.11 Å². The third-order valence-corrected chi connectivity index (χ3v) is 11.2. The molecule has 0 aromatic carbocycles. The lowest BCUT2D eigenvalue weighted by atomic mass is 10.2. The van der Waals surface area contributed by atoms with Gasteiger partial charge in [0.2, 0.25) is 0 Å². The number of nitrogens with zero attached hydrogens (tertiary/aromatic N) is 4. The van der Waals surface area contributed by atoms with Gasteiger partial charge in [-0.25, -0.2) is 4.74 Å². The summed E-state index contributed by atoms with van der Waals surface area (Å²) in [5.41, 5.74) is 0. The van der Waals surface area contributed by atoms with Crippen LogP contribution in [0.2, 0.25) is 0 Å². The van der Waals surface area contributed by atoms with Crippen LogP contribution >= 0.6 is 19.6 Å². The summed E-state index contributed by atoms with van der Waals surface area (Å²) in [6, 6.07) is 0. The van der Waals surface area contributed by atoms with E-state index in [2.05, 4.69) is 48.9 Å². The van der Waals surface area contributed by atoms with E-state index >= 15 is 0 Å². The maximum absolute atomic E-state index is 5.93. The molecule has 0 N–H and O–H groups in total. The largest absolute Gasteiger partial charge is 0.348 e. The molecule has 158 valence electrons. The predicted octanol–water partition coefficient (Wildman–Crippen LogP) is 6.19. The molecule has 0 aliphatic carbocycles. The van der Waals surface area contributed by atoms with Crippen molar-refractivity contribution in [1.82, 2.24) is 14.2 Å². The van der Waals surface area contributed by atoms with E-state index in [1.807, 2.05) is 0 Å². The Hall–Kier alpha value is 0.0400. The molecule has 2 heterocycles. The van der Waals surface area contributed by atoms with E-state index in [-0.39, 0.29) is 5.16 Å². The highest BCUT2D eigenvalue weighted by Crippen LogP contribution is 2.67. The molecule has 0 bridgehead atoms. The molecule has 2 rings (SSSR count). The Kier molecular flexibility index (Phi) is 9.25. The summed E-state index contributed by atoms with van der Waals surface area (Å²) in [6.07, 6.45) is 10.7. The van der Waals surface area contributed by atoms with Crippen molar-refractivity contribution in [2.24, 2.45) is 4.74 Å². The monoisotopic (exact) mass is 414 g/mol. The molecule has 0 amide bonds. The summed E-state index contributed by atoms with van der Waals surface area (Å²) in [6.45, 7) is 18.3. The van der Waals surface area contributed by atoms with E-state index in [9.17, 15) is 0 Å². The summed E-state index contributed by atoms with van der Waals surface area (Å²) in [5.74, 6) is 0. The zero-order valence-electron chi connectivity index (χ0n) is 18.5. The highest BCUT2D eigenvalue weighted by Gasteiger charge is 2.44. The standard InChI is InChI=1S/C21H43N4PS/c1-6-23(7-2)20(27)22-26(21(3,4)5,24-16-12-8-9-13-17-24)25-18-14-10-11-15-19-25/h6-19H2,1-5H3. The van der Waals surface area contributed by atoms with Crippen LogP contribution in [0.4, 0.5) is 0 Å². The second-order valence-electron chi connectivity index (χ2n) is 9.03. The van der Waals surface area contributed by atoms with Crippen LogP contribution in [-0.2, 0) is 0 Å². The van der Waals surface area contributed by atoms with Gasteiger partial charge in [0.25, 0.3) is 0 Å². The third kappa shape index (κ3) is 5.56. The van der Waals surface area contributed by atoms with Gasteiger partial charge in [0.05, 0.1) is 0 Å². The van der Waals surface area contributed by atoms with Crippen LogP contribution in [0.1, 0.15) is 86.0 Å². The first kappa shape index (κ1) is 23.3. The minimum Gasteiger partial charge on any atom is -0.348 e. The Morgan fingerprint density at radius 2 is 1.19 bits per heavy atom. The van der Waals surface area contributed by atoms with Crippen LogP contribution in [-0.4, -0.2) is 63.8 Å². The first-order valence-corrected chi connectivity index (χ1v) is 13.3. The second-order valence-corrected chi connectivity index (χ2v) is 13.2. The van der Waals surface area contributed by atoms with Crippen molar-refractivity contribution in [3.8, 4) is 0 Å². The molecule has 27 heavy (non-hydrogen) atoms. The lowest BCUT2D eigenvalue weighted by Gasteiger charge is -2.51. The molecule has 2 fully saturated rings. The molecule has 6 heteroatoms. The van der Waals surface area contributed by atoms with Crippen LogP contribution in [0.3, 0.4) is 0 Å². The molecule has 0 atom stereocenters. The Bertz CT molecular complexity index is 485. The van der Waals surface area contributed by atoms with Crippen molar-refractivity contribution in [3.05, 3.63) is 0 Å². The topological polar surface area (TPSA) is 22.1 Å². The van der Waals surface area contributed by atoms with Crippen molar-refractivity contribution < 1.29 is 0 Å². The molecular weight excluding hydrogens is 371 g/mol. The smallest absolute Gasteiger partial charge is 0.196 e. The molecule has 0 saturated carbocycles. The molecule has 2 saturated heterocycles. The summed E-state index contributed by atoms with van der Waals surface area (Å²) in [5, 5.41) is 0.954. The molecule has 4 nitrogen and oxygen atoms in total. The number of rotatable bonds is 4. The maximum atomic E-state index is 5.93. The predicted molar refractivity (Wildman–Crippen MR) is 125 cm³/mol. The van der Waals surface area contributed by atoms with E-state index in [0.29, 0.717) is 0 Å². The highest BCUT2D eigenvalue weighted by atomic mass is 32.1. The van der Waals surface area contributed by atoms with Crippen molar-refractivity contribution in [1.29, 1.82) is 0 Å². The SMILES string of the molecule is CCN(CC)C(=S)N=P(N1CCCCCC1)(N1CCCCCC1)C(C)(C)C. The Balaban J connectivity index is 2.59. The Labute approximate surface area is 174 Å². The average molecular weight is 415 g/mol. The van der Waals surface area contributed by atoms with Crippen LogP contribution in [0, 0.1) is 0 Å². The zero-order chi connectivity index (χ0) is 19.9. The fourth-order valence-corrected chi connectivity index (χ4v) is 9.90. The molecule has 0 aromatic rings. The van der Waals surface area contributed by atoms with Crippen LogP contribution in [0.5, 0.6) is 0 Å². The third-order valence-electron chi connectivity index (χ3n) is 6.11. The molecule has 2 aliphatic rings. The molecule has 2 aliphatic heterocycles. The lowest BCUT2D eigenvalue weighted by Crippen LogP contribution is -2.42. The normalized spacial score (nSPS) is 21.4. The van der Waals surface area contributed by atoms with E-state index in [1.165, 1.54) is 77.5 Å². The van der Waals surface area contributed by atoms with Gasteiger partial charge in [-0.15, -0.1) is 0 Å². The van der Waals surface area contributed by atoms with E-state index in [0.717, 1.165) is 18.2 Å². The molecule has 0 unspecified atom stereocenters. The van der Waals surface area contributed by atoms with Gasteiger partial charge in [-0.1, -0.05) is 46.5 Å². The van der Waals surface area contributed by atoms with Gasteiger partial charge < -0.3 is 4.90 Å². The van der Waals surface area contributed by atoms with Gasteiger partial charge in [0.1, 0.15) is 7.36 Å². The molecule has 0 aromatic heterocycles. The number of hydrogen-bond donors (Lipinski definition) is 0. The fraction of sp³-hybridized carbons (Fsp3) is 0.952. The maximum Gasteiger partial charge on any atom is 0.196 e.